The molecule has 10 heteroatoms. The molecule has 0 atom stereocenters. The summed E-state index contributed by atoms with van der Waals surface area (Å²) in [6, 6.07) is 9.26. The standard InChI is InChI=1S/C25H35N5O5/c1-3-34-16-8-13-26-24(32)19-11-14-29(15-12-19)18-22(31)28-23-21(25(33)35-4-2)17-27-30(23)20-9-6-5-7-10-20/h5-7,9-10,17,19H,3-4,8,11-16,18H2,1-2H3,(H,26,32)(H,28,31). The number of rotatable bonds is 12. The first-order valence-electron chi connectivity index (χ1n) is 12.2. The van der Waals surface area contributed by atoms with Gasteiger partial charge in [-0.15, -0.1) is 0 Å². The number of aromatic nitrogens is 2. The molecule has 0 bridgehead atoms. The van der Waals surface area contributed by atoms with E-state index in [2.05, 4.69) is 15.7 Å². The predicted molar refractivity (Wildman–Crippen MR) is 131 cm³/mol. The maximum Gasteiger partial charge on any atom is 0.343 e. The molecule has 3 rings (SSSR count). The minimum absolute atomic E-state index is 0.0451. The zero-order valence-corrected chi connectivity index (χ0v) is 20.5. The van der Waals surface area contributed by atoms with E-state index in [4.69, 9.17) is 9.47 Å². The zero-order valence-electron chi connectivity index (χ0n) is 20.5. The Labute approximate surface area is 206 Å². The van der Waals surface area contributed by atoms with E-state index in [1.165, 1.54) is 10.9 Å². The third-order valence-electron chi connectivity index (χ3n) is 5.82. The molecule has 1 saturated heterocycles. The number of amides is 2. The molecule has 0 unspecified atom stereocenters. The quantitative estimate of drug-likeness (QED) is 0.350. The Morgan fingerprint density at radius 3 is 2.51 bits per heavy atom. The van der Waals surface area contributed by atoms with Crippen molar-refractivity contribution in [1.29, 1.82) is 0 Å². The van der Waals surface area contributed by atoms with Crippen LogP contribution < -0.4 is 10.6 Å². The van der Waals surface area contributed by atoms with Crippen LogP contribution in [0, 0.1) is 5.92 Å². The summed E-state index contributed by atoms with van der Waals surface area (Å²) in [5, 5.41) is 10.1. The molecule has 0 radical (unpaired) electrons. The fourth-order valence-electron chi connectivity index (χ4n) is 3.99. The van der Waals surface area contributed by atoms with Crippen molar-refractivity contribution >= 4 is 23.6 Å². The van der Waals surface area contributed by atoms with Gasteiger partial charge in [0.05, 0.1) is 25.0 Å². The normalized spacial score (nSPS) is 14.5. The van der Waals surface area contributed by atoms with Gasteiger partial charge in [-0.05, 0) is 58.3 Å². The van der Waals surface area contributed by atoms with Gasteiger partial charge in [0.15, 0.2) is 5.82 Å². The summed E-state index contributed by atoms with van der Waals surface area (Å²) in [4.78, 5) is 39.7. The monoisotopic (exact) mass is 485 g/mol. The number of nitrogens with one attached hydrogen (secondary N) is 2. The molecule has 1 aliphatic heterocycles. The largest absolute Gasteiger partial charge is 0.462 e. The molecule has 0 spiro atoms. The topological polar surface area (TPSA) is 115 Å². The Kier molecular flexibility index (Phi) is 10.2. The molecule has 2 aromatic rings. The number of likely N-dealkylation sites (tertiary alicyclic amines) is 1. The van der Waals surface area contributed by atoms with Crippen LogP contribution in [0.5, 0.6) is 0 Å². The molecule has 0 aliphatic carbocycles. The number of benzene rings is 1. The molecular formula is C25H35N5O5. The fourth-order valence-corrected chi connectivity index (χ4v) is 3.99. The van der Waals surface area contributed by atoms with E-state index >= 15 is 0 Å². The van der Waals surface area contributed by atoms with E-state index in [1.807, 2.05) is 42.2 Å². The van der Waals surface area contributed by atoms with Crippen LogP contribution in [0.25, 0.3) is 5.69 Å². The van der Waals surface area contributed by atoms with Gasteiger partial charge in [-0.25, -0.2) is 9.48 Å². The second-order valence-corrected chi connectivity index (χ2v) is 8.31. The number of carbonyl (C=O) groups excluding carboxylic acids is 3. The molecule has 1 aliphatic rings. The maximum atomic E-state index is 12.9. The van der Waals surface area contributed by atoms with E-state index in [9.17, 15) is 14.4 Å². The van der Waals surface area contributed by atoms with Crippen molar-refractivity contribution in [3.8, 4) is 5.69 Å². The van der Waals surface area contributed by atoms with Crippen molar-refractivity contribution in [2.45, 2.75) is 33.1 Å². The molecular weight excluding hydrogens is 450 g/mol. The van der Waals surface area contributed by atoms with Crippen LogP contribution >= 0.6 is 0 Å². The van der Waals surface area contributed by atoms with Crippen LogP contribution in [0.2, 0.25) is 0 Å². The summed E-state index contributed by atoms with van der Waals surface area (Å²) >= 11 is 0. The first-order chi connectivity index (χ1) is 17.0. The number of carbonyl (C=O) groups is 3. The molecule has 35 heavy (non-hydrogen) atoms. The number of hydrogen-bond acceptors (Lipinski definition) is 7. The van der Waals surface area contributed by atoms with Gasteiger partial charge in [0.1, 0.15) is 5.56 Å². The summed E-state index contributed by atoms with van der Waals surface area (Å²) in [7, 11) is 0. The minimum atomic E-state index is -0.543. The number of hydrogen-bond donors (Lipinski definition) is 2. The van der Waals surface area contributed by atoms with Gasteiger partial charge in [0.2, 0.25) is 11.8 Å². The van der Waals surface area contributed by atoms with Crippen molar-refractivity contribution in [1.82, 2.24) is 20.0 Å². The lowest BCUT2D eigenvalue weighted by Gasteiger charge is -2.30. The second kappa shape index (κ2) is 13.6. The van der Waals surface area contributed by atoms with Crippen LogP contribution in [0.3, 0.4) is 0 Å². The predicted octanol–water partition coefficient (Wildman–Crippen LogP) is 2.24. The molecule has 1 fully saturated rings. The Bertz CT molecular complexity index is 970. The average Bonchev–Trinajstić information content (AvgIpc) is 3.28. The van der Waals surface area contributed by atoms with Crippen molar-refractivity contribution in [2.75, 3.05) is 51.3 Å². The highest BCUT2D eigenvalue weighted by Gasteiger charge is 2.27. The average molecular weight is 486 g/mol. The van der Waals surface area contributed by atoms with Crippen molar-refractivity contribution in [3.63, 3.8) is 0 Å². The Morgan fingerprint density at radius 2 is 1.83 bits per heavy atom. The van der Waals surface area contributed by atoms with Crippen LogP contribution in [-0.4, -0.2) is 78.5 Å². The van der Waals surface area contributed by atoms with Crippen molar-refractivity contribution in [3.05, 3.63) is 42.1 Å². The molecule has 190 valence electrons. The van der Waals surface area contributed by atoms with Crippen LogP contribution in [0.15, 0.2) is 36.5 Å². The van der Waals surface area contributed by atoms with Gasteiger partial charge in [0.25, 0.3) is 0 Å². The van der Waals surface area contributed by atoms with Gasteiger partial charge < -0.3 is 20.1 Å². The van der Waals surface area contributed by atoms with Gasteiger partial charge in [-0.2, -0.15) is 5.10 Å². The lowest BCUT2D eigenvalue weighted by Crippen LogP contribution is -2.43. The lowest BCUT2D eigenvalue weighted by molar-refractivity contribution is -0.126. The van der Waals surface area contributed by atoms with Gasteiger partial charge >= 0.3 is 5.97 Å². The lowest BCUT2D eigenvalue weighted by atomic mass is 9.96. The number of piperidine rings is 1. The SMILES string of the molecule is CCOCCCNC(=O)C1CCN(CC(=O)Nc2c(C(=O)OCC)cnn2-c2ccccc2)CC1. The number of esters is 1. The summed E-state index contributed by atoms with van der Waals surface area (Å²) in [5.74, 6) is -0.501. The molecule has 1 aromatic carbocycles. The van der Waals surface area contributed by atoms with E-state index in [0.29, 0.717) is 51.4 Å². The highest BCUT2D eigenvalue weighted by Crippen LogP contribution is 2.22. The highest BCUT2D eigenvalue weighted by atomic mass is 16.5. The molecule has 0 saturated carbocycles. The fraction of sp³-hybridized carbons (Fsp3) is 0.520. The van der Waals surface area contributed by atoms with Crippen molar-refractivity contribution in [2.24, 2.45) is 5.92 Å². The van der Waals surface area contributed by atoms with Crippen LogP contribution in [-0.2, 0) is 19.1 Å². The van der Waals surface area contributed by atoms with Crippen molar-refractivity contribution < 1.29 is 23.9 Å². The Hall–Kier alpha value is -3.24. The number of para-hydroxylation sites is 1. The second-order valence-electron chi connectivity index (χ2n) is 8.31. The number of anilines is 1. The van der Waals surface area contributed by atoms with E-state index in [-0.39, 0.29) is 42.3 Å². The number of nitrogens with zero attached hydrogens (tertiary/aromatic N) is 3. The summed E-state index contributed by atoms with van der Waals surface area (Å²) < 4.78 is 11.9. The van der Waals surface area contributed by atoms with E-state index < -0.39 is 5.97 Å². The Balaban J connectivity index is 1.55. The summed E-state index contributed by atoms with van der Waals surface area (Å²) in [6.45, 7) is 7.28. The third kappa shape index (κ3) is 7.63. The van der Waals surface area contributed by atoms with Crippen LogP contribution in [0.1, 0.15) is 43.5 Å². The van der Waals surface area contributed by atoms with E-state index in [1.54, 1.807) is 6.92 Å². The van der Waals surface area contributed by atoms with Gasteiger partial charge in [-0.1, -0.05) is 18.2 Å². The first-order valence-corrected chi connectivity index (χ1v) is 12.2. The number of ether oxygens (including phenoxy) is 2. The summed E-state index contributed by atoms with van der Waals surface area (Å²) in [6.07, 6.45) is 3.59. The molecule has 2 N–H and O–H groups in total. The first kappa shape index (κ1) is 26.4. The highest BCUT2D eigenvalue weighted by molar-refractivity contribution is 6.01. The van der Waals surface area contributed by atoms with Crippen LogP contribution in [0.4, 0.5) is 5.82 Å². The van der Waals surface area contributed by atoms with E-state index in [0.717, 1.165) is 6.42 Å². The molecule has 2 heterocycles. The third-order valence-corrected chi connectivity index (χ3v) is 5.82. The molecule has 10 nitrogen and oxygen atoms in total. The minimum Gasteiger partial charge on any atom is -0.462 e. The zero-order chi connectivity index (χ0) is 25.0. The van der Waals surface area contributed by atoms with Gasteiger partial charge in [0, 0.05) is 25.7 Å². The maximum absolute atomic E-state index is 12.9. The Morgan fingerprint density at radius 1 is 1.09 bits per heavy atom. The molecule has 1 aromatic heterocycles. The summed E-state index contributed by atoms with van der Waals surface area (Å²) in [5.41, 5.74) is 0.912. The smallest absolute Gasteiger partial charge is 0.343 e. The van der Waals surface area contributed by atoms with Gasteiger partial charge in [-0.3, -0.25) is 14.5 Å². The molecule has 2 amide bonds.